The summed E-state index contributed by atoms with van der Waals surface area (Å²) in [6, 6.07) is 0. The molecule has 61 heavy (non-hydrogen) atoms. The van der Waals surface area contributed by atoms with Crippen LogP contribution >= 0.6 is 0 Å². The normalized spacial score (nSPS) is 11.9. The summed E-state index contributed by atoms with van der Waals surface area (Å²) in [6.07, 6.45) is 55.1. The van der Waals surface area contributed by atoms with E-state index >= 15 is 0 Å². The van der Waals surface area contributed by atoms with E-state index in [0.717, 1.165) is 57.8 Å². The maximum atomic E-state index is 12.8. The molecule has 362 valence electrons. The highest BCUT2D eigenvalue weighted by Gasteiger charge is 2.19. The van der Waals surface area contributed by atoms with E-state index in [-0.39, 0.29) is 31.1 Å². The highest BCUT2D eigenvalue weighted by atomic mass is 16.6. The van der Waals surface area contributed by atoms with Gasteiger partial charge in [0.15, 0.2) is 6.10 Å². The Hall–Kier alpha value is -1.59. The molecule has 0 N–H and O–H groups in total. The van der Waals surface area contributed by atoms with Crippen LogP contribution < -0.4 is 0 Å². The number of rotatable bonds is 51. The molecule has 0 aromatic carbocycles. The van der Waals surface area contributed by atoms with Crippen molar-refractivity contribution in [2.75, 3.05) is 13.2 Å². The Morgan fingerprint density at radius 3 is 0.656 bits per heavy atom. The van der Waals surface area contributed by atoms with Crippen molar-refractivity contribution < 1.29 is 28.6 Å². The van der Waals surface area contributed by atoms with Crippen molar-refractivity contribution in [3.63, 3.8) is 0 Å². The molecule has 0 saturated carbocycles. The molecule has 0 heterocycles. The second kappa shape index (κ2) is 51.0. The van der Waals surface area contributed by atoms with Crippen LogP contribution in [0.25, 0.3) is 0 Å². The van der Waals surface area contributed by atoms with E-state index in [0.29, 0.717) is 19.3 Å². The molecule has 6 heteroatoms. The second-order valence-electron chi connectivity index (χ2n) is 18.9. The van der Waals surface area contributed by atoms with Gasteiger partial charge in [-0.15, -0.1) is 0 Å². The molecule has 6 nitrogen and oxygen atoms in total. The fourth-order valence-electron chi connectivity index (χ4n) is 8.45. The molecule has 1 atom stereocenters. The first kappa shape index (κ1) is 59.4. The Morgan fingerprint density at radius 2 is 0.443 bits per heavy atom. The van der Waals surface area contributed by atoms with Crippen LogP contribution in [-0.2, 0) is 28.6 Å². The van der Waals surface area contributed by atoms with Crippen molar-refractivity contribution in [3.8, 4) is 0 Å². The number of hydrogen-bond donors (Lipinski definition) is 0. The largest absolute Gasteiger partial charge is 0.462 e. The van der Waals surface area contributed by atoms with Crippen molar-refractivity contribution in [1.82, 2.24) is 0 Å². The Morgan fingerprint density at radius 1 is 0.262 bits per heavy atom. The number of hydrogen-bond acceptors (Lipinski definition) is 6. The summed E-state index contributed by atoms with van der Waals surface area (Å²) in [5.41, 5.74) is 0. The average Bonchev–Trinajstić information content (AvgIpc) is 3.26. The minimum Gasteiger partial charge on any atom is -0.462 e. The maximum Gasteiger partial charge on any atom is 0.306 e. The summed E-state index contributed by atoms with van der Waals surface area (Å²) in [4.78, 5) is 38.0. The molecule has 0 radical (unpaired) electrons. The summed E-state index contributed by atoms with van der Waals surface area (Å²) in [5.74, 6) is -0.836. The van der Waals surface area contributed by atoms with Crippen LogP contribution in [0, 0.1) is 0 Å². The Balaban J connectivity index is 4.29. The van der Waals surface area contributed by atoms with Crippen molar-refractivity contribution in [2.45, 2.75) is 322 Å². The molecule has 0 saturated heterocycles. The van der Waals surface area contributed by atoms with Crippen LogP contribution in [0.3, 0.4) is 0 Å². The molecular formula is C55H106O6. The van der Waals surface area contributed by atoms with Gasteiger partial charge >= 0.3 is 17.9 Å². The fourth-order valence-corrected chi connectivity index (χ4v) is 8.45. The zero-order chi connectivity index (χ0) is 44.4. The molecule has 0 rings (SSSR count). The Bertz CT molecular complexity index is 905. The zero-order valence-corrected chi connectivity index (χ0v) is 41.5. The van der Waals surface area contributed by atoms with E-state index < -0.39 is 6.10 Å². The standard InChI is InChI=1S/C55H106O6/c1-4-7-10-13-16-19-22-25-27-28-31-33-36-39-42-45-48-54(57)60-51-52(50-59-53(56)47-44-41-38-35-32-29-24-21-18-15-12-9-6-3)61-55(58)49-46-43-40-37-34-30-26-23-20-17-14-11-8-5-2/h52H,4-51H2,1-3H3/t52-/m0/s1. The highest BCUT2D eigenvalue weighted by molar-refractivity contribution is 5.71. The first-order valence-corrected chi connectivity index (χ1v) is 27.5. The Labute approximate surface area is 380 Å². The van der Waals surface area contributed by atoms with E-state index in [1.54, 1.807) is 0 Å². The van der Waals surface area contributed by atoms with Crippen LogP contribution in [0.1, 0.15) is 316 Å². The SMILES string of the molecule is CCCCCCCCCCCCCCCCCCC(=O)OC[C@H](COC(=O)CCCCCCCCCCCCCCC)OC(=O)CCCCCCCCCCCCCCCC. The predicted octanol–water partition coefficient (Wildman–Crippen LogP) is 18.0. The summed E-state index contributed by atoms with van der Waals surface area (Å²) in [6.45, 7) is 6.69. The van der Waals surface area contributed by atoms with Gasteiger partial charge in [-0.3, -0.25) is 14.4 Å². The van der Waals surface area contributed by atoms with Crippen molar-refractivity contribution in [2.24, 2.45) is 0 Å². The molecule has 0 aliphatic carbocycles. The lowest BCUT2D eigenvalue weighted by Gasteiger charge is -2.18. The molecule has 0 aromatic rings. The predicted molar refractivity (Wildman–Crippen MR) is 261 cm³/mol. The third kappa shape index (κ3) is 49.3. The minimum atomic E-state index is -0.760. The van der Waals surface area contributed by atoms with E-state index in [2.05, 4.69) is 20.8 Å². The quantitative estimate of drug-likeness (QED) is 0.0344. The van der Waals surface area contributed by atoms with E-state index in [1.807, 2.05) is 0 Å². The Kier molecular flexibility index (Phi) is 49.7. The molecule has 0 fully saturated rings. The van der Waals surface area contributed by atoms with Crippen LogP contribution in [-0.4, -0.2) is 37.2 Å². The summed E-state index contributed by atoms with van der Waals surface area (Å²) < 4.78 is 16.8. The lowest BCUT2D eigenvalue weighted by atomic mass is 10.0. The number of esters is 3. The number of carbonyl (C=O) groups excluding carboxylic acids is 3. The highest BCUT2D eigenvalue weighted by Crippen LogP contribution is 2.17. The van der Waals surface area contributed by atoms with Gasteiger partial charge in [0.05, 0.1) is 0 Å². The number of carbonyl (C=O) groups is 3. The number of ether oxygens (including phenoxy) is 3. The lowest BCUT2D eigenvalue weighted by Crippen LogP contribution is -2.30. The smallest absolute Gasteiger partial charge is 0.306 e. The minimum absolute atomic E-state index is 0.0613. The van der Waals surface area contributed by atoms with Gasteiger partial charge < -0.3 is 14.2 Å². The van der Waals surface area contributed by atoms with Crippen LogP contribution in [0.15, 0.2) is 0 Å². The summed E-state index contributed by atoms with van der Waals surface area (Å²) in [5, 5.41) is 0. The topological polar surface area (TPSA) is 78.9 Å². The van der Waals surface area contributed by atoms with Crippen molar-refractivity contribution >= 4 is 17.9 Å². The van der Waals surface area contributed by atoms with Crippen LogP contribution in [0.2, 0.25) is 0 Å². The van der Waals surface area contributed by atoms with Gasteiger partial charge in [0.1, 0.15) is 13.2 Å². The lowest BCUT2D eigenvalue weighted by molar-refractivity contribution is -0.167. The van der Waals surface area contributed by atoms with Gasteiger partial charge in [-0.05, 0) is 19.3 Å². The van der Waals surface area contributed by atoms with Gasteiger partial charge in [0, 0.05) is 19.3 Å². The van der Waals surface area contributed by atoms with Gasteiger partial charge in [0.25, 0.3) is 0 Å². The van der Waals surface area contributed by atoms with Crippen molar-refractivity contribution in [3.05, 3.63) is 0 Å². The monoisotopic (exact) mass is 863 g/mol. The summed E-state index contributed by atoms with van der Waals surface area (Å²) in [7, 11) is 0. The average molecular weight is 863 g/mol. The first-order valence-electron chi connectivity index (χ1n) is 27.5. The van der Waals surface area contributed by atoms with E-state index in [4.69, 9.17) is 14.2 Å². The molecule has 0 aliphatic heterocycles. The van der Waals surface area contributed by atoms with Gasteiger partial charge in [-0.2, -0.15) is 0 Å². The third-order valence-electron chi connectivity index (χ3n) is 12.6. The molecule has 0 amide bonds. The first-order chi connectivity index (χ1) is 30.0. The van der Waals surface area contributed by atoms with Crippen LogP contribution in [0.5, 0.6) is 0 Å². The molecule has 0 bridgehead atoms. The summed E-state index contributed by atoms with van der Waals surface area (Å²) >= 11 is 0. The zero-order valence-electron chi connectivity index (χ0n) is 41.5. The second-order valence-corrected chi connectivity index (χ2v) is 18.9. The van der Waals surface area contributed by atoms with Crippen LogP contribution in [0.4, 0.5) is 0 Å². The van der Waals surface area contributed by atoms with Gasteiger partial charge in [-0.1, -0.05) is 278 Å². The maximum absolute atomic E-state index is 12.8. The molecular weight excluding hydrogens is 757 g/mol. The molecule has 0 aromatic heterocycles. The molecule has 0 spiro atoms. The number of unbranched alkanes of at least 4 members (excludes halogenated alkanes) is 40. The van der Waals surface area contributed by atoms with Gasteiger partial charge in [0.2, 0.25) is 0 Å². The molecule has 0 aliphatic rings. The molecule has 0 unspecified atom stereocenters. The third-order valence-corrected chi connectivity index (χ3v) is 12.6. The van der Waals surface area contributed by atoms with E-state index in [1.165, 1.54) is 218 Å². The van der Waals surface area contributed by atoms with E-state index in [9.17, 15) is 14.4 Å². The van der Waals surface area contributed by atoms with Crippen molar-refractivity contribution in [1.29, 1.82) is 0 Å². The van der Waals surface area contributed by atoms with Gasteiger partial charge in [-0.25, -0.2) is 0 Å². The fraction of sp³-hybridized carbons (Fsp3) is 0.945.